The van der Waals surface area contributed by atoms with E-state index in [4.69, 9.17) is 5.11 Å². The van der Waals surface area contributed by atoms with Gasteiger partial charge in [0.1, 0.15) is 6.04 Å². The van der Waals surface area contributed by atoms with Crippen LogP contribution in [0.5, 0.6) is 0 Å². The number of aliphatic carboxylic acids is 1. The molecule has 0 radical (unpaired) electrons. The van der Waals surface area contributed by atoms with Crippen molar-refractivity contribution in [3.63, 3.8) is 0 Å². The lowest BCUT2D eigenvalue weighted by atomic mass is 10.1. The molecule has 0 saturated heterocycles. The predicted molar refractivity (Wildman–Crippen MR) is 91.1 cm³/mol. The molecule has 3 N–H and O–H groups in total. The monoisotopic (exact) mass is 390 g/mol. The average Bonchev–Trinajstić information content (AvgIpc) is 3.34. The van der Waals surface area contributed by atoms with Gasteiger partial charge in [0.25, 0.3) is 0 Å². The van der Waals surface area contributed by atoms with Crippen LogP contribution in [-0.2, 0) is 24.8 Å². The van der Waals surface area contributed by atoms with Crippen LogP contribution in [-0.4, -0.2) is 40.0 Å². The normalized spacial score (nSPS) is 16.5. The highest BCUT2D eigenvalue weighted by Crippen LogP contribution is 2.23. The Balaban J connectivity index is 2.23. The fourth-order valence-corrected chi connectivity index (χ4v) is 4.89. The largest absolute Gasteiger partial charge is 0.480 e. The average molecular weight is 390 g/mol. The van der Waals surface area contributed by atoms with Crippen LogP contribution in [0.2, 0.25) is 0 Å². The summed E-state index contributed by atoms with van der Waals surface area (Å²) in [6.45, 7) is 1.87. The number of hydrogen-bond donors (Lipinski definition) is 3. The third-order valence-corrected chi connectivity index (χ3v) is 6.75. The van der Waals surface area contributed by atoms with E-state index >= 15 is 0 Å². The van der Waals surface area contributed by atoms with Crippen molar-refractivity contribution in [2.45, 2.75) is 60.9 Å². The van der Waals surface area contributed by atoms with E-state index in [9.17, 15) is 21.6 Å². The van der Waals surface area contributed by atoms with Gasteiger partial charge in [-0.1, -0.05) is 25.8 Å². The lowest BCUT2D eigenvalue weighted by Crippen LogP contribution is -2.40. The molecule has 0 aromatic heterocycles. The van der Waals surface area contributed by atoms with E-state index in [2.05, 4.69) is 9.44 Å². The number of carboxylic acid groups (broad SMARTS) is 1. The topological polar surface area (TPSA) is 130 Å². The highest BCUT2D eigenvalue weighted by Gasteiger charge is 2.29. The van der Waals surface area contributed by atoms with Crippen molar-refractivity contribution < 1.29 is 26.7 Å². The fourth-order valence-electron chi connectivity index (χ4n) is 2.19. The molecule has 0 spiro atoms. The number of unbranched alkanes of at least 4 members (excludes halogenated alkanes) is 1. The second kappa shape index (κ2) is 7.81. The van der Waals surface area contributed by atoms with E-state index in [0.717, 1.165) is 25.3 Å². The number of sulfonamides is 2. The van der Waals surface area contributed by atoms with Crippen molar-refractivity contribution >= 4 is 26.0 Å². The maximum absolute atomic E-state index is 12.4. The molecule has 10 heteroatoms. The molecular weight excluding hydrogens is 368 g/mol. The molecule has 1 aliphatic rings. The zero-order valence-electron chi connectivity index (χ0n) is 13.8. The molecule has 1 aromatic carbocycles. The van der Waals surface area contributed by atoms with Crippen molar-refractivity contribution in [2.24, 2.45) is 0 Å². The third-order valence-electron chi connectivity index (χ3n) is 3.77. The summed E-state index contributed by atoms with van der Waals surface area (Å²) in [5, 5.41) is 9.17. The highest BCUT2D eigenvalue weighted by molar-refractivity contribution is 7.90. The highest BCUT2D eigenvalue weighted by atomic mass is 32.2. The Labute approximate surface area is 147 Å². The minimum atomic E-state index is -4.15. The lowest BCUT2D eigenvalue weighted by molar-refractivity contribution is -0.139. The van der Waals surface area contributed by atoms with Crippen LogP contribution in [0.3, 0.4) is 0 Å². The molecule has 0 heterocycles. The zero-order valence-corrected chi connectivity index (χ0v) is 15.4. The molecule has 0 amide bonds. The van der Waals surface area contributed by atoms with Gasteiger partial charge in [-0.25, -0.2) is 21.6 Å². The van der Waals surface area contributed by atoms with Crippen LogP contribution in [0.4, 0.5) is 0 Å². The summed E-state index contributed by atoms with van der Waals surface area (Å²) in [4.78, 5) is 10.8. The molecule has 1 aromatic rings. The predicted octanol–water partition coefficient (Wildman–Crippen LogP) is 1.05. The van der Waals surface area contributed by atoms with Gasteiger partial charge in [0, 0.05) is 6.04 Å². The molecule has 1 unspecified atom stereocenters. The smallest absolute Gasteiger partial charge is 0.321 e. The Bertz CT molecular complexity index is 831. The van der Waals surface area contributed by atoms with Gasteiger partial charge in [-0.05, 0) is 37.5 Å². The number of rotatable bonds is 10. The van der Waals surface area contributed by atoms with Crippen molar-refractivity contribution in [3.8, 4) is 0 Å². The van der Waals surface area contributed by atoms with Crippen molar-refractivity contribution in [2.75, 3.05) is 0 Å². The maximum atomic E-state index is 12.4. The standard InChI is InChI=1S/C15H22N2O6S2/c1-2-3-7-14(15(18)19)17-25(22,23)13-6-4-5-12(10-13)24(20,21)16-11-8-9-11/h4-6,10-11,14,16-17H,2-3,7-9H2,1H3,(H,18,19). The Kier molecular flexibility index (Phi) is 6.20. The lowest BCUT2D eigenvalue weighted by Gasteiger charge is -2.15. The van der Waals surface area contributed by atoms with E-state index in [1.165, 1.54) is 18.2 Å². The minimum absolute atomic E-state index is 0.103. The molecule has 140 valence electrons. The number of nitrogens with one attached hydrogen (secondary N) is 2. The molecule has 1 fully saturated rings. The molecular formula is C15H22N2O6S2. The SMILES string of the molecule is CCCCC(NS(=O)(=O)c1cccc(S(=O)(=O)NC2CC2)c1)C(=O)O. The molecule has 1 aliphatic carbocycles. The van der Waals surface area contributed by atoms with Crippen LogP contribution in [0.15, 0.2) is 34.1 Å². The van der Waals surface area contributed by atoms with Crippen LogP contribution < -0.4 is 9.44 Å². The van der Waals surface area contributed by atoms with Gasteiger partial charge in [0.15, 0.2) is 0 Å². The van der Waals surface area contributed by atoms with Crippen LogP contribution in [0.25, 0.3) is 0 Å². The summed E-state index contributed by atoms with van der Waals surface area (Å²) < 4.78 is 53.9. The molecule has 2 rings (SSSR count). The molecule has 0 aliphatic heterocycles. The first-order chi connectivity index (χ1) is 11.7. The number of hydrogen-bond acceptors (Lipinski definition) is 5. The van der Waals surface area contributed by atoms with Crippen LogP contribution >= 0.6 is 0 Å². The van der Waals surface area contributed by atoms with Gasteiger partial charge < -0.3 is 5.11 Å². The summed E-state index contributed by atoms with van der Waals surface area (Å²) >= 11 is 0. The zero-order chi connectivity index (χ0) is 18.7. The number of benzene rings is 1. The third kappa shape index (κ3) is 5.50. The van der Waals surface area contributed by atoms with Crippen LogP contribution in [0, 0.1) is 0 Å². The van der Waals surface area contributed by atoms with Gasteiger partial charge in [-0.2, -0.15) is 4.72 Å². The second-order valence-corrected chi connectivity index (χ2v) is 9.45. The Morgan fingerprint density at radius 1 is 1.20 bits per heavy atom. The van der Waals surface area contributed by atoms with E-state index in [1.54, 1.807) is 0 Å². The second-order valence-electron chi connectivity index (χ2n) is 6.02. The quantitative estimate of drug-likeness (QED) is 0.547. The summed E-state index contributed by atoms with van der Waals surface area (Å²) in [7, 11) is -7.95. The maximum Gasteiger partial charge on any atom is 0.321 e. The van der Waals surface area contributed by atoms with E-state index in [1.807, 2.05) is 6.92 Å². The molecule has 25 heavy (non-hydrogen) atoms. The molecule has 0 bridgehead atoms. The first kappa shape index (κ1) is 19.8. The van der Waals surface area contributed by atoms with Gasteiger partial charge in [0.05, 0.1) is 9.79 Å². The number of carbonyl (C=O) groups is 1. The van der Waals surface area contributed by atoms with Gasteiger partial charge in [0.2, 0.25) is 20.0 Å². The number of carboxylic acids is 1. The van der Waals surface area contributed by atoms with E-state index < -0.39 is 32.1 Å². The van der Waals surface area contributed by atoms with E-state index in [-0.39, 0.29) is 22.3 Å². The molecule has 8 nitrogen and oxygen atoms in total. The Morgan fingerprint density at radius 3 is 2.32 bits per heavy atom. The van der Waals surface area contributed by atoms with Crippen molar-refractivity contribution in [1.29, 1.82) is 0 Å². The molecule has 1 atom stereocenters. The fraction of sp³-hybridized carbons (Fsp3) is 0.533. The van der Waals surface area contributed by atoms with Crippen molar-refractivity contribution in [3.05, 3.63) is 24.3 Å². The van der Waals surface area contributed by atoms with Crippen molar-refractivity contribution in [1.82, 2.24) is 9.44 Å². The summed E-state index contributed by atoms with van der Waals surface area (Å²) in [6, 6.07) is 3.53. The first-order valence-electron chi connectivity index (χ1n) is 8.03. The van der Waals surface area contributed by atoms with Gasteiger partial charge >= 0.3 is 5.97 Å². The van der Waals surface area contributed by atoms with E-state index in [0.29, 0.717) is 6.42 Å². The first-order valence-corrected chi connectivity index (χ1v) is 11.0. The Hall–Kier alpha value is -1.49. The Morgan fingerprint density at radius 2 is 1.80 bits per heavy atom. The van der Waals surface area contributed by atoms with Gasteiger partial charge in [-0.15, -0.1) is 0 Å². The van der Waals surface area contributed by atoms with Crippen LogP contribution in [0.1, 0.15) is 39.0 Å². The minimum Gasteiger partial charge on any atom is -0.480 e. The summed E-state index contributed by atoms with van der Waals surface area (Å²) in [5.74, 6) is -1.27. The summed E-state index contributed by atoms with van der Waals surface area (Å²) in [6.07, 6.45) is 2.96. The van der Waals surface area contributed by atoms with Gasteiger partial charge in [-0.3, -0.25) is 4.79 Å². The summed E-state index contributed by atoms with van der Waals surface area (Å²) in [5.41, 5.74) is 0. The molecule has 1 saturated carbocycles.